The van der Waals surface area contributed by atoms with E-state index in [2.05, 4.69) is 15.5 Å². The summed E-state index contributed by atoms with van der Waals surface area (Å²) in [6.45, 7) is 2.04. The normalized spacial score (nSPS) is 11.4. The molecule has 0 fully saturated rings. The first-order valence-electron chi connectivity index (χ1n) is 10.5. The van der Waals surface area contributed by atoms with Crippen molar-refractivity contribution in [3.8, 4) is 23.1 Å². The molecular weight excluding hydrogens is 444 g/mol. The molecule has 0 saturated carbocycles. The van der Waals surface area contributed by atoms with E-state index < -0.39 is 5.91 Å². The molecule has 1 aromatic heterocycles. The summed E-state index contributed by atoms with van der Waals surface area (Å²) >= 11 is 1.49. The van der Waals surface area contributed by atoms with E-state index in [1.807, 2.05) is 103 Å². The van der Waals surface area contributed by atoms with Gasteiger partial charge in [-0.3, -0.25) is 9.36 Å². The van der Waals surface area contributed by atoms with E-state index in [4.69, 9.17) is 5.73 Å². The number of primary amides is 1. The number of aromatic nitrogens is 3. The second-order valence-corrected chi connectivity index (χ2v) is 8.22. The van der Waals surface area contributed by atoms with Crippen LogP contribution in [0.5, 0.6) is 0 Å². The highest BCUT2D eigenvalue weighted by Gasteiger charge is 2.20. The minimum Gasteiger partial charge on any atom is -0.365 e. The van der Waals surface area contributed by atoms with Crippen LogP contribution in [0, 0.1) is 18.3 Å². The lowest BCUT2D eigenvalue weighted by Crippen LogP contribution is -2.17. The molecule has 168 valence electrons. The Kier molecular flexibility index (Phi) is 6.76. The Morgan fingerprint density at radius 2 is 1.68 bits per heavy atom. The zero-order chi connectivity index (χ0) is 24.1. The van der Waals surface area contributed by atoms with Gasteiger partial charge in [0.2, 0.25) is 0 Å². The van der Waals surface area contributed by atoms with E-state index in [0.717, 1.165) is 22.0 Å². The number of nitriles is 1. The number of nitrogens with one attached hydrogen (secondary N) is 1. The number of aryl methyl sites for hydroxylation is 1. The van der Waals surface area contributed by atoms with Gasteiger partial charge in [-0.25, -0.2) is 0 Å². The number of hydrogen-bond donors (Lipinski definition) is 2. The number of nitrogens with zero attached hydrogens (tertiary/aromatic N) is 4. The molecule has 0 bridgehead atoms. The Labute approximate surface area is 201 Å². The number of nitrogens with two attached hydrogens (primary N) is 1. The van der Waals surface area contributed by atoms with Crippen molar-refractivity contribution in [1.82, 2.24) is 14.8 Å². The van der Waals surface area contributed by atoms with Crippen molar-refractivity contribution < 1.29 is 4.79 Å². The fraction of sp³-hybridized carbons (Fsp3) is 0.0769. The number of amides is 1. The molecule has 3 aromatic carbocycles. The SMILES string of the molecule is CSc1nnc(-c2ccccc2N/C(=C(\C#N)C(N)=O)c2ccccc2)n1-c1ccc(C)cc1. The van der Waals surface area contributed by atoms with Crippen LogP contribution in [0.1, 0.15) is 11.1 Å². The largest absolute Gasteiger partial charge is 0.365 e. The molecule has 1 amide bonds. The summed E-state index contributed by atoms with van der Waals surface area (Å²) in [7, 11) is 0. The minimum absolute atomic E-state index is 0.161. The molecular formula is C26H22N6OS. The molecule has 0 aliphatic heterocycles. The smallest absolute Gasteiger partial charge is 0.261 e. The van der Waals surface area contributed by atoms with Crippen molar-refractivity contribution in [3.05, 3.63) is 95.6 Å². The molecule has 0 aliphatic carbocycles. The topological polar surface area (TPSA) is 110 Å². The summed E-state index contributed by atoms with van der Waals surface area (Å²) < 4.78 is 1.98. The van der Waals surface area contributed by atoms with Crippen molar-refractivity contribution in [1.29, 1.82) is 5.26 Å². The molecule has 0 saturated heterocycles. The van der Waals surface area contributed by atoms with Gasteiger partial charge in [-0.05, 0) is 43.0 Å². The molecule has 4 rings (SSSR count). The van der Waals surface area contributed by atoms with E-state index in [1.165, 1.54) is 11.8 Å². The predicted octanol–water partition coefficient (Wildman–Crippen LogP) is 4.80. The van der Waals surface area contributed by atoms with Crippen LogP contribution >= 0.6 is 11.8 Å². The molecule has 8 heteroatoms. The van der Waals surface area contributed by atoms with Crippen LogP contribution in [-0.2, 0) is 4.79 Å². The first kappa shape index (κ1) is 22.8. The molecule has 1 heterocycles. The average molecular weight is 467 g/mol. The highest BCUT2D eigenvalue weighted by atomic mass is 32.2. The number of anilines is 1. The Hall–Kier alpha value is -4.35. The molecule has 3 N–H and O–H groups in total. The van der Waals surface area contributed by atoms with Crippen molar-refractivity contribution in [2.75, 3.05) is 11.6 Å². The molecule has 0 spiro atoms. The van der Waals surface area contributed by atoms with Gasteiger partial charge in [-0.2, -0.15) is 5.26 Å². The lowest BCUT2D eigenvalue weighted by atomic mass is 10.0. The van der Waals surface area contributed by atoms with Gasteiger partial charge < -0.3 is 11.1 Å². The summed E-state index contributed by atoms with van der Waals surface area (Å²) in [5.74, 6) is -0.180. The molecule has 0 aliphatic rings. The number of hydrogen-bond acceptors (Lipinski definition) is 6. The molecule has 4 aromatic rings. The van der Waals surface area contributed by atoms with Crippen molar-refractivity contribution in [2.45, 2.75) is 12.1 Å². The maximum absolute atomic E-state index is 12.1. The fourth-order valence-corrected chi connectivity index (χ4v) is 4.04. The van der Waals surface area contributed by atoms with Gasteiger partial charge in [0.25, 0.3) is 5.91 Å². The van der Waals surface area contributed by atoms with Crippen LogP contribution < -0.4 is 11.1 Å². The number of para-hydroxylation sites is 1. The molecule has 7 nitrogen and oxygen atoms in total. The van der Waals surface area contributed by atoms with E-state index in [0.29, 0.717) is 22.8 Å². The second kappa shape index (κ2) is 10.1. The van der Waals surface area contributed by atoms with Gasteiger partial charge in [-0.1, -0.05) is 71.9 Å². The van der Waals surface area contributed by atoms with Gasteiger partial charge in [0.1, 0.15) is 11.6 Å². The van der Waals surface area contributed by atoms with Crippen LogP contribution in [0.15, 0.2) is 89.6 Å². The van der Waals surface area contributed by atoms with Crippen molar-refractivity contribution >= 4 is 29.1 Å². The van der Waals surface area contributed by atoms with E-state index in [1.54, 1.807) is 0 Å². The number of thioether (sulfide) groups is 1. The average Bonchev–Trinajstić information content (AvgIpc) is 3.29. The lowest BCUT2D eigenvalue weighted by Gasteiger charge is -2.17. The van der Waals surface area contributed by atoms with Gasteiger partial charge in [-0.15, -0.1) is 10.2 Å². The molecule has 34 heavy (non-hydrogen) atoms. The summed E-state index contributed by atoms with van der Waals surface area (Å²) in [6, 6.07) is 26.8. The van der Waals surface area contributed by atoms with Crippen molar-refractivity contribution in [3.63, 3.8) is 0 Å². The van der Waals surface area contributed by atoms with Crippen LogP contribution in [0.3, 0.4) is 0 Å². The minimum atomic E-state index is -0.807. The lowest BCUT2D eigenvalue weighted by molar-refractivity contribution is -0.114. The Morgan fingerprint density at radius 1 is 1.00 bits per heavy atom. The standard InChI is InChI=1S/C26H22N6OS/c1-17-12-14-19(15-13-17)32-25(30-31-26(32)34-2)20-10-6-7-11-22(20)29-23(21(16-27)24(28)33)18-8-4-3-5-9-18/h3-15,29H,1-2H3,(H2,28,33)/b23-21+. The zero-order valence-corrected chi connectivity index (χ0v) is 19.5. The quantitative estimate of drug-likeness (QED) is 0.230. The highest BCUT2D eigenvalue weighted by molar-refractivity contribution is 7.98. The predicted molar refractivity (Wildman–Crippen MR) is 135 cm³/mol. The van der Waals surface area contributed by atoms with Gasteiger partial charge in [0.05, 0.1) is 5.70 Å². The van der Waals surface area contributed by atoms with E-state index in [9.17, 15) is 10.1 Å². The van der Waals surface area contributed by atoms with E-state index in [-0.39, 0.29) is 5.57 Å². The van der Waals surface area contributed by atoms with Crippen LogP contribution in [0.4, 0.5) is 5.69 Å². The van der Waals surface area contributed by atoms with E-state index >= 15 is 0 Å². The Morgan fingerprint density at radius 3 is 2.32 bits per heavy atom. The second-order valence-electron chi connectivity index (χ2n) is 7.44. The fourth-order valence-electron chi connectivity index (χ4n) is 3.54. The maximum atomic E-state index is 12.1. The Bertz CT molecular complexity index is 1400. The molecule has 0 atom stereocenters. The monoisotopic (exact) mass is 466 g/mol. The maximum Gasteiger partial charge on any atom is 0.261 e. The third kappa shape index (κ3) is 4.56. The van der Waals surface area contributed by atoms with Crippen LogP contribution in [0.25, 0.3) is 22.8 Å². The summed E-state index contributed by atoms with van der Waals surface area (Å²) in [6.07, 6.45) is 1.95. The first-order valence-corrected chi connectivity index (χ1v) is 11.7. The molecule has 0 unspecified atom stereocenters. The molecule has 0 radical (unpaired) electrons. The van der Waals surface area contributed by atoms with Gasteiger partial charge in [0, 0.05) is 16.9 Å². The third-order valence-electron chi connectivity index (χ3n) is 5.21. The van der Waals surface area contributed by atoms with Crippen LogP contribution in [0.2, 0.25) is 0 Å². The third-order valence-corrected chi connectivity index (χ3v) is 5.84. The first-order chi connectivity index (χ1) is 16.5. The van der Waals surface area contributed by atoms with Crippen molar-refractivity contribution in [2.24, 2.45) is 5.73 Å². The number of carbonyl (C=O) groups excluding carboxylic acids is 1. The highest BCUT2D eigenvalue weighted by Crippen LogP contribution is 2.34. The Balaban J connectivity index is 1.88. The number of rotatable bonds is 7. The zero-order valence-electron chi connectivity index (χ0n) is 18.7. The summed E-state index contributed by atoms with van der Waals surface area (Å²) in [5.41, 5.74) is 9.86. The number of benzene rings is 3. The number of carbonyl (C=O) groups is 1. The summed E-state index contributed by atoms with van der Waals surface area (Å²) in [5, 5.41) is 22.5. The van der Waals surface area contributed by atoms with Gasteiger partial charge in [0.15, 0.2) is 11.0 Å². The van der Waals surface area contributed by atoms with Crippen LogP contribution in [-0.4, -0.2) is 26.9 Å². The van der Waals surface area contributed by atoms with Gasteiger partial charge >= 0.3 is 0 Å². The summed E-state index contributed by atoms with van der Waals surface area (Å²) in [4.78, 5) is 12.1.